The lowest BCUT2D eigenvalue weighted by Gasteiger charge is -2.21. The summed E-state index contributed by atoms with van der Waals surface area (Å²) in [5.74, 6) is -0.510. The van der Waals surface area contributed by atoms with E-state index in [4.69, 9.17) is 0 Å². The van der Waals surface area contributed by atoms with E-state index in [0.717, 1.165) is 44.9 Å². The van der Waals surface area contributed by atoms with Gasteiger partial charge in [0.25, 0.3) is 0 Å². The van der Waals surface area contributed by atoms with Crippen LogP contribution in [0.3, 0.4) is 0 Å². The lowest BCUT2D eigenvalue weighted by atomic mass is 10.0. The van der Waals surface area contributed by atoms with Gasteiger partial charge in [0.1, 0.15) is 6.10 Å². The van der Waals surface area contributed by atoms with Crippen molar-refractivity contribution < 1.29 is 20.1 Å². The van der Waals surface area contributed by atoms with Gasteiger partial charge in [0.2, 0.25) is 5.91 Å². The van der Waals surface area contributed by atoms with Crippen LogP contribution in [0.1, 0.15) is 245 Å². The van der Waals surface area contributed by atoms with E-state index >= 15 is 0 Å². The summed E-state index contributed by atoms with van der Waals surface area (Å²) in [6.45, 7) is 4.19. The molecule has 1 amide bonds. The number of carbonyl (C=O) groups excluding carboxylic acids is 1. The Balaban J connectivity index is 3.64. The van der Waals surface area contributed by atoms with Crippen LogP contribution in [0.15, 0.2) is 24.3 Å². The van der Waals surface area contributed by atoms with Crippen LogP contribution < -0.4 is 5.32 Å². The van der Waals surface area contributed by atoms with Crippen LogP contribution in [-0.4, -0.2) is 46.1 Å². The van der Waals surface area contributed by atoms with Crippen molar-refractivity contribution in [2.45, 2.75) is 263 Å². The van der Waals surface area contributed by atoms with Gasteiger partial charge in [0.05, 0.1) is 18.8 Å². The van der Waals surface area contributed by atoms with Crippen LogP contribution in [0.2, 0.25) is 0 Å². The fourth-order valence-corrected chi connectivity index (χ4v) is 7.12. The number of aliphatic hydroxyl groups is 3. The normalized spacial score (nSPS) is 13.7. The quantitative estimate of drug-likeness (QED) is 0.0371. The minimum atomic E-state index is -1.11. The first-order valence-corrected chi connectivity index (χ1v) is 23.2. The summed E-state index contributed by atoms with van der Waals surface area (Å²) in [5, 5.41) is 33.2. The maximum absolute atomic E-state index is 12.5. The van der Waals surface area contributed by atoms with Crippen molar-refractivity contribution in [3.8, 4) is 0 Å². The Hall–Kier alpha value is -1.17. The second-order valence-corrected chi connectivity index (χ2v) is 16.0. The topological polar surface area (TPSA) is 89.8 Å². The number of hydrogen-bond acceptors (Lipinski definition) is 4. The molecule has 3 unspecified atom stereocenters. The molecule has 308 valence electrons. The fraction of sp³-hybridized carbons (Fsp3) is 0.894. The predicted octanol–water partition coefficient (Wildman–Crippen LogP) is 13.4. The van der Waals surface area contributed by atoms with Gasteiger partial charge in [-0.3, -0.25) is 4.79 Å². The molecule has 52 heavy (non-hydrogen) atoms. The molecule has 0 fully saturated rings. The third-order valence-electron chi connectivity index (χ3n) is 10.8. The highest BCUT2D eigenvalue weighted by molar-refractivity contribution is 5.80. The SMILES string of the molecule is CCCCCCCCC/C=C\CCCCCCC(O)C(=O)NC(CO)C(O)/C=C/CCCCCCCCCCCCCCCCCCCCCCC. The van der Waals surface area contributed by atoms with Crippen molar-refractivity contribution in [3.63, 3.8) is 0 Å². The monoisotopic (exact) mass is 734 g/mol. The number of allylic oxidation sites excluding steroid dienone is 3. The summed E-state index contributed by atoms with van der Waals surface area (Å²) in [6, 6.07) is -0.800. The highest BCUT2D eigenvalue weighted by Crippen LogP contribution is 2.16. The first kappa shape index (κ1) is 50.8. The molecule has 0 aliphatic carbocycles. The molecule has 0 aromatic carbocycles. The van der Waals surface area contributed by atoms with Crippen molar-refractivity contribution in [3.05, 3.63) is 24.3 Å². The molecule has 5 nitrogen and oxygen atoms in total. The zero-order valence-electron chi connectivity index (χ0n) is 35.0. The molecule has 0 saturated heterocycles. The molecular weight excluding hydrogens is 643 g/mol. The molecule has 0 spiro atoms. The van der Waals surface area contributed by atoms with Crippen LogP contribution >= 0.6 is 0 Å². The van der Waals surface area contributed by atoms with Crippen molar-refractivity contribution in [2.75, 3.05) is 6.61 Å². The maximum Gasteiger partial charge on any atom is 0.249 e. The molecular formula is C47H91NO4. The smallest absolute Gasteiger partial charge is 0.249 e. The van der Waals surface area contributed by atoms with E-state index in [9.17, 15) is 20.1 Å². The fourth-order valence-electron chi connectivity index (χ4n) is 7.12. The van der Waals surface area contributed by atoms with E-state index < -0.39 is 24.2 Å². The first-order chi connectivity index (χ1) is 25.6. The summed E-state index contributed by atoms with van der Waals surface area (Å²) in [7, 11) is 0. The first-order valence-electron chi connectivity index (χ1n) is 23.2. The van der Waals surface area contributed by atoms with Gasteiger partial charge in [0, 0.05) is 0 Å². The Morgan fingerprint density at radius 1 is 0.462 bits per heavy atom. The van der Waals surface area contributed by atoms with Crippen molar-refractivity contribution in [2.24, 2.45) is 0 Å². The van der Waals surface area contributed by atoms with E-state index in [1.807, 2.05) is 6.08 Å². The Morgan fingerprint density at radius 2 is 0.769 bits per heavy atom. The molecule has 3 atom stereocenters. The number of carbonyl (C=O) groups is 1. The molecule has 0 saturated carbocycles. The highest BCUT2D eigenvalue weighted by Gasteiger charge is 2.22. The molecule has 4 N–H and O–H groups in total. The minimum absolute atomic E-state index is 0.365. The average Bonchev–Trinajstić information content (AvgIpc) is 3.15. The van der Waals surface area contributed by atoms with Crippen molar-refractivity contribution >= 4 is 5.91 Å². The van der Waals surface area contributed by atoms with E-state index in [0.29, 0.717) is 6.42 Å². The molecule has 0 bridgehead atoms. The third-order valence-corrected chi connectivity index (χ3v) is 10.8. The van der Waals surface area contributed by atoms with E-state index in [2.05, 4.69) is 31.3 Å². The molecule has 0 aliphatic rings. The lowest BCUT2D eigenvalue weighted by Crippen LogP contribution is -2.48. The molecule has 0 aromatic heterocycles. The highest BCUT2D eigenvalue weighted by atomic mass is 16.3. The van der Waals surface area contributed by atoms with Crippen LogP contribution in [0.25, 0.3) is 0 Å². The number of amides is 1. The van der Waals surface area contributed by atoms with E-state index in [-0.39, 0.29) is 6.61 Å². The van der Waals surface area contributed by atoms with Crippen LogP contribution in [-0.2, 0) is 4.79 Å². The summed E-state index contributed by atoms with van der Waals surface area (Å²) >= 11 is 0. The number of unbranched alkanes of at least 4 members (excludes halogenated alkanes) is 32. The molecule has 0 aromatic rings. The van der Waals surface area contributed by atoms with Crippen molar-refractivity contribution in [1.29, 1.82) is 0 Å². The second-order valence-electron chi connectivity index (χ2n) is 16.0. The number of hydrogen-bond donors (Lipinski definition) is 4. The number of aliphatic hydroxyl groups excluding tert-OH is 3. The summed E-state index contributed by atoms with van der Waals surface area (Å²) in [6.07, 6.45) is 52.2. The minimum Gasteiger partial charge on any atom is -0.394 e. The second kappa shape index (κ2) is 42.6. The van der Waals surface area contributed by atoms with Gasteiger partial charge in [-0.2, -0.15) is 0 Å². The van der Waals surface area contributed by atoms with Crippen LogP contribution in [0, 0.1) is 0 Å². The molecule has 0 aliphatic heterocycles. The Labute approximate surface area is 324 Å². The van der Waals surface area contributed by atoms with Crippen molar-refractivity contribution in [1.82, 2.24) is 5.32 Å². The van der Waals surface area contributed by atoms with Gasteiger partial charge < -0.3 is 20.6 Å². The molecule has 0 heterocycles. The van der Waals surface area contributed by atoms with Gasteiger partial charge in [-0.1, -0.05) is 224 Å². The summed E-state index contributed by atoms with van der Waals surface area (Å²) in [4.78, 5) is 12.5. The molecule has 5 heteroatoms. The van der Waals surface area contributed by atoms with Crippen LogP contribution in [0.5, 0.6) is 0 Å². The Kier molecular flexibility index (Phi) is 41.6. The maximum atomic E-state index is 12.5. The van der Waals surface area contributed by atoms with Crippen LogP contribution in [0.4, 0.5) is 0 Å². The zero-order valence-corrected chi connectivity index (χ0v) is 35.0. The summed E-state index contributed by atoms with van der Waals surface area (Å²) < 4.78 is 0. The number of nitrogens with one attached hydrogen (secondary N) is 1. The molecule has 0 radical (unpaired) electrons. The largest absolute Gasteiger partial charge is 0.394 e. The van der Waals surface area contributed by atoms with E-state index in [1.54, 1.807) is 6.08 Å². The van der Waals surface area contributed by atoms with Gasteiger partial charge in [-0.15, -0.1) is 0 Å². The van der Waals surface area contributed by atoms with E-state index in [1.165, 1.54) is 180 Å². The summed E-state index contributed by atoms with van der Waals surface area (Å²) in [5.41, 5.74) is 0. The predicted molar refractivity (Wildman–Crippen MR) is 227 cm³/mol. The average molecular weight is 734 g/mol. The number of rotatable bonds is 42. The lowest BCUT2D eigenvalue weighted by molar-refractivity contribution is -0.131. The van der Waals surface area contributed by atoms with Gasteiger partial charge in [-0.25, -0.2) is 0 Å². The van der Waals surface area contributed by atoms with Gasteiger partial charge >= 0.3 is 0 Å². The Bertz CT molecular complexity index is 768. The third kappa shape index (κ3) is 37.2. The Morgan fingerprint density at radius 3 is 1.12 bits per heavy atom. The van der Waals surface area contributed by atoms with Gasteiger partial charge in [-0.05, 0) is 44.9 Å². The molecule has 0 rings (SSSR count). The van der Waals surface area contributed by atoms with Gasteiger partial charge in [0.15, 0.2) is 0 Å². The standard InChI is InChI=1S/C47H91NO4/c1-3-5-7-9-11-13-15-17-19-20-21-22-23-24-25-26-28-29-31-33-35-37-39-41-45(50)44(43-49)48-47(52)46(51)42-40-38-36-34-32-30-27-18-16-14-12-10-8-6-4-2/h27,30,39,41,44-46,49-51H,3-26,28-29,31-38,40,42-43H2,1-2H3,(H,48,52)/b30-27-,41-39+. The zero-order chi connectivity index (χ0) is 38.0.